The predicted octanol–water partition coefficient (Wildman–Crippen LogP) is 4.38. The fraction of sp³-hybridized carbons (Fsp3) is 0.647. The second-order valence-corrected chi connectivity index (χ2v) is 7.01. The molecule has 1 aliphatic carbocycles. The van der Waals surface area contributed by atoms with E-state index in [1.165, 1.54) is 24.8 Å². The van der Waals surface area contributed by atoms with Crippen LogP contribution in [0.2, 0.25) is 0 Å². The van der Waals surface area contributed by atoms with Gasteiger partial charge in [0.1, 0.15) is 0 Å². The molecule has 1 aliphatic rings. The van der Waals surface area contributed by atoms with E-state index in [2.05, 4.69) is 41.2 Å². The van der Waals surface area contributed by atoms with Gasteiger partial charge in [-0.15, -0.1) is 0 Å². The summed E-state index contributed by atoms with van der Waals surface area (Å²) in [4.78, 5) is 0. The number of hydrogen-bond donors (Lipinski definition) is 1. The number of methoxy groups -OCH3 is 2. The number of ether oxygens (including phenoxy) is 2. The van der Waals surface area contributed by atoms with Crippen LogP contribution >= 0.6 is 15.9 Å². The molecule has 3 atom stereocenters. The summed E-state index contributed by atoms with van der Waals surface area (Å²) in [6.07, 6.45) is 3.88. The number of nitrogens with one attached hydrogen (secondary N) is 1. The van der Waals surface area contributed by atoms with Gasteiger partial charge in [0.25, 0.3) is 0 Å². The fourth-order valence-electron chi connectivity index (χ4n) is 3.07. The minimum Gasteiger partial charge on any atom is -0.493 e. The highest BCUT2D eigenvalue weighted by atomic mass is 79.9. The fourth-order valence-corrected chi connectivity index (χ4v) is 3.72. The first kappa shape index (κ1) is 16.6. The Bertz CT molecular complexity index is 478. The summed E-state index contributed by atoms with van der Waals surface area (Å²) in [7, 11) is 3.33. The largest absolute Gasteiger partial charge is 0.493 e. The van der Waals surface area contributed by atoms with E-state index in [0.29, 0.717) is 6.04 Å². The van der Waals surface area contributed by atoms with E-state index in [9.17, 15) is 0 Å². The van der Waals surface area contributed by atoms with Crippen molar-refractivity contribution in [2.75, 3.05) is 14.2 Å². The minimum absolute atomic E-state index is 0.628. The first-order valence-corrected chi connectivity index (χ1v) is 8.48. The summed E-state index contributed by atoms with van der Waals surface area (Å²) in [5.74, 6) is 3.20. The molecule has 3 unspecified atom stereocenters. The number of rotatable bonds is 5. The molecule has 1 saturated carbocycles. The van der Waals surface area contributed by atoms with Crippen molar-refractivity contribution >= 4 is 15.9 Å². The standard InChI is InChI=1S/C17H26BrNO2/c1-11-5-6-14(7-12(11)2)19-10-13-8-15(18)17(21-4)16(9-13)20-3/h8-9,11-12,14,19H,5-7,10H2,1-4H3. The average molecular weight is 356 g/mol. The molecular formula is C17H26BrNO2. The zero-order valence-corrected chi connectivity index (χ0v) is 15.0. The summed E-state index contributed by atoms with van der Waals surface area (Å²) < 4.78 is 11.7. The Kier molecular flexibility index (Phi) is 5.94. The van der Waals surface area contributed by atoms with Gasteiger partial charge in [0.15, 0.2) is 11.5 Å². The van der Waals surface area contributed by atoms with Gasteiger partial charge < -0.3 is 14.8 Å². The lowest BCUT2D eigenvalue weighted by molar-refractivity contribution is 0.225. The average Bonchev–Trinajstić information content (AvgIpc) is 2.47. The Morgan fingerprint density at radius 3 is 2.52 bits per heavy atom. The predicted molar refractivity (Wildman–Crippen MR) is 90.1 cm³/mol. The third kappa shape index (κ3) is 4.13. The molecular weight excluding hydrogens is 330 g/mol. The molecule has 1 N–H and O–H groups in total. The first-order chi connectivity index (χ1) is 10.0. The quantitative estimate of drug-likeness (QED) is 0.849. The lowest BCUT2D eigenvalue weighted by atomic mass is 9.79. The van der Waals surface area contributed by atoms with Crippen LogP contribution in [0.4, 0.5) is 0 Å². The molecule has 0 amide bonds. The monoisotopic (exact) mass is 355 g/mol. The molecule has 0 aromatic heterocycles. The molecule has 3 nitrogen and oxygen atoms in total. The molecule has 118 valence electrons. The van der Waals surface area contributed by atoms with E-state index in [1.807, 2.05) is 6.07 Å². The summed E-state index contributed by atoms with van der Waals surface area (Å²) in [6, 6.07) is 4.78. The zero-order chi connectivity index (χ0) is 15.4. The molecule has 21 heavy (non-hydrogen) atoms. The second-order valence-electron chi connectivity index (χ2n) is 6.16. The van der Waals surface area contributed by atoms with Gasteiger partial charge in [-0.25, -0.2) is 0 Å². The lowest BCUT2D eigenvalue weighted by Gasteiger charge is -2.32. The number of benzene rings is 1. The molecule has 0 heterocycles. The van der Waals surface area contributed by atoms with Gasteiger partial charge in [0.2, 0.25) is 0 Å². The molecule has 1 fully saturated rings. The van der Waals surface area contributed by atoms with E-state index >= 15 is 0 Å². The Morgan fingerprint density at radius 1 is 1.14 bits per heavy atom. The van der Waals surface area contributed by atoms with Crippen LogP contribution in [0.25, 0.3) is 0 Å². The molecule has 0 spiro atoms. The van der Waals surface area contributed by atoms with Crippen LogP contribution in [-0.2, 0) is 6.54 Å². The van der Waals surface area contributed by atoms with Crippen molar-refractivity contribution in [1.82, 2.24) is 5.32 Å². The Balaban J connectivity index is 1.99. The maximum absolute atomic E-state index is 5.40. The van der Waals surface area contributed by atoms with Crippen LogP contribution in [0.3, 0.4) is 0 Å². The zero-order valence-electron chi connectivity index (χ0n) is 13.4. The summed E-state index contributed by atoms with van der Waals surface area (Å²) in [6.45, 7) is 5.60. The minimum atomic E-state index is 0.628. The highest BCUT2D eigenvalue weighted by molar-refractivity contribution is 9.10. The van der Waals surface area contributed by atoms with Crippen LogP contribution in [0.1, 0.15) is 38.7 Å². The van der Waals surface area contributed by atoms with E-state index in [0.717, 1.165) is 34.4 Å². The van der Waals surface area contributed by atoms with Gasteiger partial charge in [-0.1, -0.05) is 13.8 Å². The van der Waals surface area contributed by atoms with E-state index in [4.69, 9.17) is 9.47 Å². The molecule has 0 aliphatic heterocycles. The summed E-state index contributed by atoms with van der Waals surface area (Å²) in [5.41, 5.74) is 1.21. The molecule has 0 saturated heterocycles. The van der Waals surface area contributed by atoms with Crippen molar-refractivity contribution in [3.05, 3.63) is 22.2 Å². The lowest BCUT2D eigenvalue weighted by Crippen LogP contribution is -2.35. The van der Waals surface area contributed by atoms with Crippen LogP contribution in [0.15, 0.2) is 16.6 Å². The molecule has 4 heteroatoms. The number of hydrogen-bond acceptors (Lipinski definition) is 3. The topological polar surface area (TPSA) is 30.5 Å². The molecule has 1 aromatic rings. The highest BCUT2D eigenvalue weighted by Crippen LogP contribution is 2.36. The number of halogens is 1. The van der Waals surface area contributed by atoms with Gasteiger partial charge >= 0.3 is 0 Å². The van der Waals surface area contributed by atoms with Crippen molar-refractivity contribution in [3.8, 4) is 11.5 Å². The normalized spacial score (nSPS) is 25.7. The van der Waals surface area contributed by atoms with E-state index in [-0.39, 0.29) is 0 Å². The second kappa shape index (κ2) is 7.50. The van der Waals surface area contributed by atoms with Gasteiger partial charge in [0, 0.05) is 12.6 Å². The molecule has 0 bridgehead atoms. The SMILES string of the molecule is COc1cc(CNC2CCC(C)C(C)C2)cc(Br)c1OC. The Morgan fingerprint density at radius 2 is 1.90 bits per heavy atom. The van der Waals surface area contributed by atoms with E-state index in [1.54, 1.807) is 14.2 Å². The maximum Gasteiger partial charge on any atom is 0.174 e. The van der Waals surface area contributed by atoms with Crippen molar-refractivity contribution in [1.29, 1.82) is 0 Å². The van der Waals surface area contributed by atoms with Crippen molar-refractivity contribution in [3.63, 3.8) is 0 Å². The van der Waals surface area contributed by atoms with Crippen LogP contribution in [0.5, 0.6) is 11.5 Å². The highest BCUT2D eigenvalue weighted by Gasteiger charge is 2.24. The van der Waals surface area contributed by atoms with Crippen molar-refractivity contribution < 1.29 is 9.47 Å². The van der Waals surface area contributed by atoms with Crippen molar-refractivity contribution in [2.45, 2.75) is 45.7 Å². The first-order valence-electron chi connectivity index (χ1n) is 7.69. The third-order valence-corrected chi connectivity index (χ3v) is 5.28. The van der Waals surface area contributed by atoms with E-state index < -0.39 is 0 Å². The van der Waals surface area contributed by atoms with Crippen LogP contribution < -0.4 is 14.8 Å². The van der Waals surface area contributed by atoms with Gasteiger partial charge in [-0.05, 0) is 64.7 Å². The van der Waals surface area contributed by atoms with Crippen molar-refractivity contribution in [2.24, 2.45) is 11.8 Å². The smallest absolute Gasteiger partial charge is 0.174 e. The third-order valence-electron chi connectivity index (χ3n) is 4.69. The van der Waals surface area contributed by atoms with Gasteiger partial charge in [0.05, 0.1) is 18.7 Å². The van der Waals surface area contributed by atoms with Gasteiger partial charge in [-0.2, -0.15) is 0 Å². The Hall–Kier alpha value is -0.740. The van der Waals surface area contributed by atoms with Gasteiger partial charge in [-0.3, -0.25) is 0 Å². The van der Waals surface area contributed by atoms with Crippen LogP contribution in [0, 0.1) is 11.8 Å². The molecule has 2 rings (SSSR count). The Labute approximate surface area is 136 Å². The van der Waals surface area contributed by atoms with Crippen LogP contribution in [-0.4, -0.2) is 20.3 Å². The molecule has 0 radical (unpaired) electrons. The summed E-state index contributed by atoms with van der Waals surface area (Å²) >= 11 is 3.55. The molecule has 1 aromatic carbocycles. The summed E-state index contributed by atoms with van der Waals surface area (Å²) in [5, 5.41) is 3.69. The maximum atomic E-state index is 5.40.